The molecule has 1 atom stereocenters. The fourth-order valence-corrected chi connectivity index (χ4v) is 3.18. The summed E-state index contributed by atoms with van der Waals surface area (Å²) in [6.45, 7) is 0.0139. The zero-order valence-electron chi connectivity index (χ0n) is 14.7. The number of anilines is 2. The summed E-state index contributed by atoms with van der Waals surface area (Å²) in [5.74, 6) is -2.58. The molecule has 2 heterocycles. The molecule has 0 radical (unpaired) electrons. The summed E-state index contributed by atoms with van der Waals surface area (Å²) >= 11 is 0. The van der Waals surface area contributed by atoms with Crippen molar-refractivity contribution in [2.75, 3.05) is 16.9 Å². The minimum Gasteiger partial charge on any atom is -0.309 e. The Kier molecular flexibility index (Phi) is 4.60. The SMILES string of the molecule is O=C(NNc1ccc2ccccc2n1)C1CC(=O)N(c2ccc(F)cc2F)C1. The molecule has 2 N–H and O–H groups in total. The molecule has 0 bridgehead atoms. The number of hydrazine groups is 1. The molecule has 1 aromatic heterocycles. The molecule has 0 spiro atoms. The minimum atomic E-state index is -0.840. The van der Waals surface area contributed by atoms with Gasteiger partial charge in [0.15, 0.2) is 0 Å². The Morgan fingerprint density at radius 1 is 1.11 bits per heavy atom. The van der Waals surface area contributed by atoms with E-state index >= 15 is 0 Å². The number of para-hydroxylation sites is 1. The van der Waals surface area contributed by atoms with Crippen LogP contribution in [0.5, 0.6) is 0 Å². The molecule has 1 aliphatic heterocycles. The number of hydrogen-bond acceptors (Lipinski definition) is 4. The van der Waals surface area contributed by atoms with E-state index in [0.717, 1.165) is 21.9 Å². The van der Waals surface area contributed by atoms with E-state index in [0.29, 0.717) is 11.9 Å². The van der Waals surface area contributed by atoms with Crippen LogP contribution in [0.3, 0.4) is 0 Å². The molecule has 0 aliphatic carbocycles. The first-order valence-corrected chi connectivity index (χ1v) is 8.68. The standard InChI is InChI=1S/C20H16F2N4O2/c21-14-6-7-17(15(22)10-14)26-11-13(9-19(26)27)20(28)25-24-18-8-5-12-3-1-2-4-16(12)23-18/h1-8,10,13H,9,11H2,(H,23,24)(H,25,28). The number of amides is 2. The Hall–Kier alpha value is -3.55. The third-order valence-electron chi connectivity index (χ3n) is 4.61. The van der Waals surface area contributed by atoms with Crippen molar-refractivity contribution in [2.45, 2.75) is 6.42 Å². The summed E-state index contributed by atoms with van der Waals surface area (Å²) in [5.41, 5.74) is 6.01. The molecule has 1 fully saturated rings. The Labute approximate surface area is 159 Å². The van der Waals surface area contributed by atoms with Crippen molar-refractivity contribution in [1.29, 1.82) is 0 Å². The van der Waals surface area contributed by atoms with E-state index in [1.807, 2.05) is 30.3 Å². The molecule has 6 nitrogen and oxygen atoms in total. The van der Waals surface area contributed by atoms with Crippen LogP contribution in [-0.4, -0.2) is 23.3 Å². The molecule has 3 aromatic rings. The number of aromatic nitrogens is 1. The van der Waals surface area contributed by atoms with Crippen LogP contribution < -0.4 is 15.8 Å². The molecule has 1 aliphatic rings. The van der Waals surface area contributed by atoms with Crippen LogP contribution in [0.2, 0.25) is 0 Å². The second kappa shape index (κ2) is 7.22. The largest absolute Gasteiger partial charge is 0.309 e. The molecular weight excluding hydrogens is 366 g/mol. The minimum absolute atomic E-state index is 0.0139. The smallest absolute Gasteiger partial charge is 0.243 e. The number of hydrogen-bond donors (Lipinski definition) is 2. The van der Waals surface area contributed by atoms with Crippen molar-refractivity contribution in [2.24, 2.45) is 5.92 Å². The summed E-state index contributed by atoms with van der Waals surface area (Å²) in [7, 11) is 0. The van der Waals surface area contributed by atoms with E-state index in [2.05, 4.69) is 15.8 Å². The van der Waals surface area contributed by atoms with Gasteiger partial charge < -0.3 is 4.90 Å². The van der Waals surface area contributed by atoms with Gasteiger partial charge in [-0.25, -0.2) is 13.8 Å². The van der Waals surface area contributed by atoms with Gasteiger partial charge in [0.25, 0.3) is 0 Å². The molecule has 4 rings (SSSR count). The van der Waals surface area contributed by atoms with Crippen molar-refractivity contribution < 1.29 is 18.4 Å². The van der Waals surface area contributed by atoms with Crippen molar-refractivity contribution in [1.82, 2.24) is 10.4 Å². The van der Waals surface area contributed by atoms with Crippen LogP contribution in [-0.2, 0) is 9.59 Å². The second-order valence-electron chi connectivity index (χ2n) is 6.50. The highest BCUT2D eigenvalue weighted by molar-refractivity contribution is 6.00. The van der Waals surface area contributed by atoms with Crippen LogP contribution in [0.4, 0.5) is 20.3 Å². The zero-order valence-corrected chi connectivity index (χ0v) is 14.7. The monoisotopic (exact) mass is 382 g/mol. The average molecular weight is 382 g/mol. The number of fused-ring (bicyclic) bond motifs is 1. The van der Waals surface area contributed by atoms with E-state index in [1.54, 1.807) is 6.07 Å². The van der Waals surface area contributed by atoms with Crippen molar-refractivity contribution in [3.8, 4) is 0 Å². The fraction of sp³-hybridized carbons (Fsp3) is 0.150. The maximum Gasteiger partial charge on any atom is 0.243 e. The van der Waals surface area contributed by atoms with Gasteiger partial charge in [-0.05, 0) is 30.3 Å². The van der Waals surface area contributed by atoms with Gasteiger partial charge in [0.1, 0.15) is 17.5 Å². The van der Waals surface area contributed by atoms with Gasteiger partial charge in [-0.15, -0.1) is 0 Å². The number of carbonyl (C=O) groups excluding carboxylic acids is 2. The maximum atomic E-state index is 13.9. The van der Waals surface area contributed by atoms with Crippen LogP contribution in [0.25, 0.3) is 10.9 Å². The lowest BCUT2D eigenvalue weighted by Crippen LogP contribution is -2.36. The highest BCUT2D eigenvalue weighted by atomic mass is 19.1. The average Bonchev–Trinajstić information content (AvgIpc) is 3.07. The topological polar surface area (TPSA) is 74.3 Å². The van der Waals surface area contributed by atoms with E-state index < -0.39 is 29.4 Å². The van der Waals surface area contributed by atoms with Gasteiger partial charge in [-0.3, -0.25) is 20.4 Å². The molecule has 2 amide bonds. The Morgan fingerprint density at radius 2 is 1.93 bits per heavy atom. The third-order valence-corrected chi connectivity index (χ3v) is 4.61. The van der Waals surface area contributed by atoms with E-state index in [-0.39, 0.29) is 18.7 Å². The molecule has 142 valence electrons. The first-order valence-electron chi connectivity index (χ1n) is 8.68. The van der Waals surface area contributed by atoms with Gasteiger partial charge in [0.2, 0.25) is 11.8 Å². The van der Waals surface area contributed by atoms with Gasteiger partial charge in [0, 0.05) is 24.4 Å². The third kappa shape index (κ3) is 3.48. The quantitative estimate of drug-likeness (QED) is 0.681. The van der Waals surface area contributed by atoms with Crippen LogP contribution >= 0.6 is 0 Å². The maximum absolute atomic E-state index is 13.9. The van der Waals surface area contributed by atoms with Gasteiger partial charge in [-0.2, -0.15) is 0 Å². The number of benzene rings is 2. The van der Waals surface area contributed by atoms with Crippen molar-refractivity contribution >= 4 is 34.2 Å². The highest BCUT2D eigenvalue weighted by Crippen LogP contribution is 2.28. The van der Waals surface area contributed by atoms with Gasteiger partial charge in [0.05, 0.1) is 17.1 Å². The summed E-state index contributed by atoms with van der Waals surface area (Å²) in [4.78, 5) is 30.2. The molecule has 2 aromatic carbocycles. The highest BCUT2D eigenvalue weighted by Gasteiger charge is 2.36. The Bertz CT molecular complexity index is 1070. The van der Waals surface area contributed by atoms with Crippen molar-refractivity contribution in [3.05, 3.63) is 66.2 Å². The van der Waals surface area contributed by atoms with Crippen molar-refractivity contribution in [3.63, 3.8) is 0 Å². The van der Waals surface area contributed by atoms with Gasteiger partial charge in [-0.1, -0.05) is 18.2 Å². The van der Waals surface area contributed by atoms with Gasteiger partial charge >= 0.3 is 0 Å². The number of rotatable bonds is 4. The predicted octanol–water partition coefficient (Wildman–Crippen LogP) is 3.01. The zero-order chi connectivity index (χ0) is 19.7. The lowest BCUT2D eigenvalue weighted by molar-refractivity contribution is -0.125. The van der Waals surface area contributed by atoms with Crippen LogP contribution in [0.15, 0.2) is 54.6 Å². The first kappa shape index (κ1) is 17.8. The summed E-state index contributed by atoms with van der Waals surface area (Å²) in [6, 6.07) is 14.1. The summed E-state index contributed by atoms with van der Waals surface area (Å²) < 4.78 is 27.0. The molecule has 28 heavy (non-hydrogen) atoms. The fourth-order valence-electron chi connectivity index (χ4n) is 3.18. The summed E-state index contributed by atoms with van der Waals surface area (Å²) in [5, 5.41) is 0.970. The molecule has 0 saturated carbocycles. The number of pyridine rings is 1. The lowest BCUT2D eigenvalue weighted by atomic mass is 10.1. The normalized spacial score (nSPS) is 16.4. The molecule has 1 unspecified atom stereocenters. The Balaban J connectivity index is 1.41. The van der Waals surface area contributed by atoms with E-state index in [1.165, 1.54) is 6.07 Å². The van der Waals surface area contributed by atoms with E-state index in [9.17, 15) is 18.4 Å². The number of carbonyl (C=O) groups is 2. The van der Waals surface area contributed by atoms with E-state index in [4.69, 9.17) is 0 Å². The predicted molar refractivity (Wildman–Crippen MR) is 100 cm³/mol. The summed E-state index contributed by atoms with van der Waals surface area (Å²) in [6.07, 6.45) is -0.0600. The first-order chi connectivity index (χ1) is 13.5. The van der Waals surface area contributed by atoms with Crippen LogP contribution in [0.1, 0.15) is 6.42 Å². The molecule has 8 heteroatoms. The number of nitrogens with one attached hydrogen (secondary N) is 2. The molecular formula is C20H16F2N4O2. The van der Waals surface area contributed by atoms with Crippen LogP contribution in [0, 0.1) is 17.6 Å². The number of halogens is 2. The lowest BCUT2D eigenvalue weighted by Gasteiger charge is -2.17. The Morgan fingerprint density at radius 3 is 2.75 bits per heavy atom. The second-order valence-corrected chi connectivity index (χ2v) is 6.50. The molecule has 1 saturated heterocycles. The number of nitrogens with zero attached hydrogens (tertiary/aromatic N) is 2.